The fourth-order valence-electron chi connectivity index (χ4n) is 4.30. The summed E-state index contributed by atoms with van der Waals surface area (Å²) in [5.41, 5.74) is 14.9. The number of aryl methyl sites for hydroxylation is 2. The Morgan fingerprint density at radius 3 is 2.35 bits per heavy atom. The summed E-state index contributed by atoms with van der Waals surface area (Å²) in [7, 11) is 0. The molecular formula is C30H31N5O4S. The number of anilines is 2. The molecule has 0 saturated heterocycles. The number of benzene rings is 3. The van der Waals surface area contributed by atoms with Gasteiger partial charge in [-0.2, -0.15) is 4.37 Å². The van der Waals surface area contributed by atoms with E-state index in [0.717, 1.165) is 28.2 Å². The molecule has 3 aromatic carbocycles. The second-order valence-corrected chi connectivity index (χ2v) is 9.98. The number of amides is 3. The van der Waals surface area contributed by atoms with Crippen LogP contribution in [-0.2, 0) is 11.3 Å². The molecule has 206 valence electrons. The molecule has 0 aliphatic rings. The largest absolute Gasteiger partial charge is 0.494 e. The van der Waals surface area contributed by atoms with Crippen molar-refractivity contribution in [2.75, 3.05) is 17.2 Å². The molecule has 40 heavy (non-hydrogen) atoms. The molecule has 9 nitrogen and oxygen atoms in total. The smallest absolute Gasteiger partial charge is 0.273 e. The molecule has 4 aromatic rings. The Bertz CT molecular complexity index is 1520. The Labute approximate surface area is 236 Å². The Balaban J connectivity index is 1.86. The van der Waals surface area contributed by atoms with Crippen LogP contribution >= 0.6 is 11.5 Å². The molecule has 0 radical (unpaired) electrons. The number of rotatable bonds is 10. The summed E-state index contributed by atoms with van der Waals surface area (Å²) in [6.45, 7) is 6.39. The highest BCUT2D eigenvalue weighted by Crippen LogP contribution is 2.36. The Hall–Kier alpha value is -4.70. The van der Waals surface area contributed by atoms with Crippen LogP contribution in [0, 0.1) is 13.8 Å². The van der Waals surface area contributed by atoms with E-state index in [4.69, 9.17) is 16.2 Å². The summed E-state index contributed by atoms with van der Waals surface area (Å²) < 4.78 is 9.61. The molecule has 0 aliphatic carbocycles. The molecule has 0 aliphatic heterocycles. The minimum absolute atomic E-state index is 0.0153. The van der Waals surface area contributed by atoms with E-state index >= 15 is 0 Å². The van der Waals surface area contributed by atoms with Crippen molar-refractivity contribution in [3.05, 3.63) is 106 Å². The quantitative estimate of drug-likeness (QED) is 0.261. The third-order valence-electron chi connectivity index (χ3n) is 6.32. The molecule has 0 saturated carbocycles. The number of nitrogens with one attached hydrogen (secondary N) is 1. The van der Waals surface area contributed by atoms with Crippen molar-refractivity contribution in [2.45, 2.75) is 33.4 Å². The summed E-state index contributed by atoms with van der Waals surface area (Å²) in [5.74, 6) is -1.18. The predicted molar refractivity (Wildman–Crippen MR) is 156 cm³/mol. The van der Waals surface area contributed by atoms with Gasteiger partial charge in [0.2, 0.25) is 5.91 Å². The molecule has 5 N–H and O–H groups in total. The average molecular weight is 558 g/mol. The van der Waals surface area contributed by atoms with Crippen LogP contribution in [0.25, 0.3) is 0 Å². The monoisotopic (exact) mass is 557 g/mol. The van der Waals surface area contributed by atoms with Gasteiger partial charge >= 0.3 is 0 Å². The molecule has 4 rings (SSSR count). The number of hydrogen-bond donors (Lipinski definition) is 3. The van der Waals surface area contributed by atoms with E-state index in [0.29, 0.717) is 23.6 Å². The number of nitrogen functional groups attached to an aromatic ring is 1. The van der Waals surface area contributed by atoms with E-state index in [1.807, 2.05) is 69.3 Å². The van der Waals surface area contributed by atoms with Gasteiger partial charge in [0.15, 0.2) is 5.69 Å². The van der Waals surface area contributed by atoms with Crippen molar-refractivity contribution in [1.29, 1.82) is 0 Å². The van der Waals surface area contributed by atoms with Gasteiger partial charge in [-0.25, -0.2) is 0 Å². The average Bonchev–Trinajstić information content (AvgIpc) is 3.34. The maximum absolute atomic E-state index is 14.3. The lowest BCUT2D eigenvalue weighted by molar-refractivity contribution is -0.122. The summed E-state index contributed by atoms with van der Waals surface area (Å²) in [4.78, 5) is 41.6. The lowest BCUT2D eigenvalue weighted by Crippen LogP contribution is -2.44. The van der Waals surface area contributed by atoms with Gasteiger partial charge < -0.3 is 21.5 Å². The highest BCUT2D eigenvalue weighted by Gasteiger charge is 2.36. The first kappa shape index (κ1) is 28.3. The number of hydrogen-bond acceptors (Lipinski definition) is 7. The number of ether oxygens (including phenoxy) is 1. The maximum Gasteiger partial charge on any atom is 0.273 e. The maximum atomic E-state index is 14.3. The van der Waals surface area contributed by atoms with E-state index in [2.05, 4.69) is 9.69 Å². The number of carbonyl (C=O) groups is 3. The minimum Gasteiger partial charge on any atom is -0.494 e. The first-order chi connectivity index (χ1) is 19.2. The molecular weight excluding hydrogens is 526 g/mol. The molecule has 0 bridgehead atoms. The SMILES string of the molecule is CCOc1ccc(C(C(=O)NCc2ccccc2)N(C(=O)c2snc(C(N)=O)c2N)c2cc(C)ccc2C)cc1. The Kier molecular flexibility index (Phi) is 8.80. The molecule has 10 heteroatoms. The molecule has 3 amide bonds. The van der Waals surface area contributed by atoms with Crippen molar-refractivity contribution in [1.82, 2.24) is 9.69 Å². The molecule has 1 unspecified atom stereocenters. The van der Waals surface area contributed by atoms with Crippen LogP contribution in [0.4, 0.5) is 11.4 Å². The van der Waals surface area contributed by atoms with Gasteiger partial charge in [-0.15, -0.1) is 0 Å². The standard InChI is InChI=1S/C30H31N5O4S/c1-4-39-22-14-12-21(13-15-22)26(29(37)33-17-20-8-6-5-7-9-20)35(23-16-18(2)10-11-19(23)3)30(38)27-24(31)25(28(32)36)34-40-27/h5-16,26H,4,17,31H2,1-3H3,(H2,32,36)(H,33,37). The zero-order chi connectivity index (χ0) is 28.8. The second-order valence-electron chi connectivity index (χ2n) is 9.21. The van der Waals surface area contributed by atoms with Gasteiger partial charge in [0.25, 0.3) is 11.8 Å². The van der Waals surface area contributed by atoms with Gasteiger partial charge in [-0.05, 0) is 72.8 Å². The van der Waals surface area contributed by atoms with E-state index in [1.165, 1.54) is 4.90 Å². The van der Waals surface area contributed by atoms with Gasteiger partial charge in [-0.3, -0.25) is 19.3 Å². The van der Waals surface area contributed by atoms with Crippen LogP contribution in [0.3, 0.4) is 0 Å². The van der Waals surface area contributed by atoms with Crippen LogP contribution in [0.2, 0.25) is 0 Å². The molecule has 0 fully saturated rings. The third kappa shape index (κ3) is 6.13. The fraction of sp³-hybridized carbons (Fsp3) is 0.200. The van der Waals surface area contributed by atoms with E-state index in [1.54, 1.807) is 24.3 Å². The van der Waals surface area contributed by atoms with Crippen LogP contribution < -0.4 is 26.4 Å². The number of nitrogens with two attached hydrogens (primary N) is 2. The number of aromatic nitrogens is 1. The summed E-state index contributed by atoms with van der Waals surface area (Å²) in [6, 6.07) is 21.1. The Morgan fingerprint density at radius 2 is 1.73 bits per heavy atom. The first-order valence-electron chi connectivity index (χ1n) is 12.7. The number of primary amides is 1. The zero-order valence-electron chi connectivity index (χ0n) is 22.5. The topological polar surface area (TPSA) is 141 Å². The fourth-order valence-corrected chi connectivity index (χ4v) is 5.04. The van der Waals surface area contributed by atoms with Crippen molar-refractivity contribution < 1.29 is 19.1 Å². The van der Waals surface area contributed by atoms with Crippen LogP contribution in [-0.4, -0.2) is 28.7 Å². The lowest BCUT2D eigenvalue weighted by atomic mass is 10.00. The van der Waals surface area contributed by atoms with E-state index < -0.39 is 23.8 Å². The summed E-state index contributed by atoms with van der Waals surface area (Å²) >= 11 is 0.770. The van der Waals surface area contributed by atoms with Crippen LogP contribution in [0.5, 0.6) is 5.75 Å². The highest BCUT2D eigenvalue weighted by molar-refractivity contribution is 7.09. The molecule has 1 aromatic heterocycles. The van der Waals surface area contributed by atoms with E-state index in [-0.39, 0.29) is 22.8 Å². The minimum atomic E-state index is -1.09. The molecule has 1 atom stereocenters. The van der Waals surface area contributed by atoms with Crippen molar-refractivity contribution >= 4 is 40.6 Å². The van der Waals surface area contributed by atoms with Gasteiger partial charge in [0.05, 0.1) is 12.3 Å². The predicted octanol–water partition coefficient (Wildman–Crippen LogP) is 4.54. The van der Waals surface area contributed by atoms with Crippen molar-refractivity contribution in [3.8, 4) is 5.75 Å². The zero-order valence-corrected chi connectivity index (χ0v) is 23.3. The summed E-state index contributed by atoms with van der Waals surface area (Å²) in [5, 5.41) is 2.98. The van der Waals surface area contributed by atoms with Gasteiger partial charge in [0.1, 0.15) is 16.7 Å². The van der Waals surface area contributed by atoms with Crippen LogP contribution in [0.15, 0.2) is 72.8 Å². The molecule has 0 spiro atoms. The number of nitrogens with zero attached hydrogens (tertiary/aromatic N) is 2. The first-order valence-corrected chi connectivity index (χ1v) is 13.5. The van der Waals surface area contributed by atoms with Gasteiger partial charge in [0, 0.05) is 12.2 Å². The number of carbonyl (C=O) groups excluding carboxylic acids is 3. The van der Waals surface area contributed by atoms with E-state index in [9.17, 15) is 14.4 Å². The van der Waals surface area contributed by atoms with Gasteiger partial charge in [-0.1, -0.05) is 54.6 Å². The third-order valence-corrected chi connectivity index (χ3v) is 7.17. The van der Waals surface area contributed by atoms with Crippen molar-refractivity contribution in [2.24, 2.45) is 5.73 Å². The van der Waals surface area contributed by atoms with Crippen molar-refractivity contribution in [3.63, 3.8) is 0 Å². The Morgan fingerprint density at radius 1 is 1.02 bits per heavy atom. The highest BCUT2D eigenvalue weighted by atomic mass is 32.1. The normalized spacial score (nSPS) is 11.5. The second kappa shape index (κ2) is 12.4. The lowest BCUT2D eigenvalue weighted by Gasteiger charge is -2.32. The summed E-state index contributed by atoms with van der Waals surface area (Å²) in [6.07, 6.45) is 0. The molecule has 1 heterocycles. The van der Waals surface area contributed by atoms with Crippen LogP contribution in [0.1, 0.15) is 55.4 Å².